The van der Waals surface area contributed by atoms with Gasteiger partial charge in [0.1, 0.15) is 12.2 Å². The quantitative estimate of drug-likeness (QED) is 0.227. The van der Waals surface area contributed by atoms with Gasteiger partial charge in [-0.25, -0.2) is 0 Å². The van der Waals surface area contributed by atoms with E-state index in [0.29, 0.717) is 0 Å². The molecule has 2 aliphatic heterocycles. The van der Waals surface area contributed by atoms with Crippen LogP contribution in [-0.2, 0) is 76.1 Å². The minimum Gasteiger partial charge on any atom is -0.456 e. The molecule has 0 N–H and O–H groups in total. The van der Waals surface area contributed by atoms with Gasteiger partial charge in [-0.05, 0) is 6.42 Å². The molecule has 2 saturated heterocycles. The number of hydrogen-bond acceptors (Lipinski definition) is 16. The molecule has 0 spiro atoms. The van der Waals surface area contributed by atoms with Crippen LogP contribution < -0.4 is 0 Å². The van der Waals surface area contributed by atoms with Crippen LogP contribution in [0.2, 0.25) is 0 Å². The third-order valence-electron chi connectivity index (χ3n) is 6.05. The van der Waals surface area contributed by atoms with Crippen molar-refractivity contribution in [1.82, 2.24) is 0 Å². The predicted octanol–water partition coefficient (Wildman–Crippen LogP) is 0.0994. The van der Waals surface area contributed by atoms with Crippen molar-refractivity contribution in [3.63, 3.8) is 0 Å². The van der Waals surface area contributed by atoms with Crippen molar-refractivity contribution in [2.45, 2.75) is 116 Å². The molecule has 0 unspecified atom stereocenters. The average molecular weight is 607 g/mol. The minimum atomic E-state index is -1.41. The summed E-state index contributed by atoms with van der Waals surface area (Å²) in [6.45, 7) is 8.00. The van der Waals surface area contributed by atoms with Crippen molar-refractivity contribution < 1.29 is 76.1 Å². The molecule has 16 heteroatoms. The number of carbonyl (C=O) groups is 6. The Morgan fingerprint density at radius 1 is 0.500 bits per heavy atom. The first kappa shape index (κ1) is 34.9. The molecule has 2 fully saturated rings. The number of esters is 6. The van der Waals surface area contributed by atoms with Crippen LogP contribution in [0.4, 0.5) is 0 Å². The van der Waals surface area contributed by atoms with E-state index in [4.69, 9.17) is 47.4 Å². The zero-order valence-corrected chi connectivity index (χ0v) is 24.7. The van der Waals surface area contributed by atoms with E-state index in [0.717, 1.165) is 41.5 Å². The molecular formula is C26H38O16. The third-order valence-corrected chi connectivity index (χ3v) is 6.05. The fraction of sp³-hybridized carbons (Fsp3) is 0.769. The highest BCUT2D eigenvalue weighted by molar-refractivity contribution is 5.69. The van der Waals surface area contributed by atoms with Crippen LogP contribution in [0.25, 0.3) is 0 Å². The number of rotatable bonds is 11. The summed E-state index contributed by atoms with van der Waals surface area (Å²) in [5, 5.41) is 0. The van der Waals surface area contributed by atoms with Crippen molar-refractivity contribution in [1.29, 1.82) is 0 Å². The molecule has 0 radical (unpaired) electrons. The van der Waals surface area contributed by atoms with Crippen LogP contribution >= 0.6 is 0 Å². The Morgan fingerprint density at radius 2 is 0.833 bits per heavy atom. The van der Waals surface area contributed by atoms with E-state index in [1.165, 1.54) is 7.11 Å². The van der Waals surface area contributed by atoms with Gasteiger partial charge in [0, 0.05) is 48.7 Å². The lowest BCUT2D eigenvalue weighted by molar-refractivity contribution is -0.330. The Balaban J connectivity index is 2.45. The maximum atomic E-state index is 12.0. The number of hydrogen-bond donors (Lipinski definition) is 0. The molecule has 42 heavy (non-hydrogen) atoms. The summed E-state index contributed by atoms with van der Waals surface area (Å²) in [7, 11) is 1.25. The van der Waals surface area contributed by atoms with E-state index in [-0.39, 0.29) is 6.42 Å². The van der Waals surface area contributed by atoms with Crippen LogP contribution in [-0.4, -0.2) is 111 Å². The highest BCUT2D eigenvalue weighted by Crippen LogP contribution is 2.33. The van der Waals surface area contributed by atoms with Crippen molar-refractivity contribution in [3.05, 3.63) is 0 Å². The molecule has 0 saturated carbocycles. The monoisotopic (exact) mass is 606 g/mol. The van der Waals surface area contributed by atoms with Crippen molar-refractivity contribution in [3.8, 4) is 0 Å². The van der Waals surface area contributed by atoms with Crippen LogP contribution in [0.1, 0.15) is 54.9 Å². The summed E-state index contributed by atoms with van der Waals surface area (Å²) in [5.41, 5.74) is 0. The van der Waals surface area contributed by atoms with Crippen molar-refractivity contribution in [2.75, 3.05) is 13.7 Å². The molecule has 0 aromatic heterocycles. The van der Waals surface area contributed by atoms with Gasteiger partial charge >= 0.3 is 35.8 Å². The average Bonchev–Trinajstić information content (AvgIpc) is 2.86. The molecular weight excluding hydrogens is 568 g/mol. The van der Waals surface area contributed by atoms with Crippen LogP contribution in [0.15, 0.2) is 0 Å². The largest absolute Gasteiger partial charge is 0.456 e. The van der Waals surface area contributed by atoms with Gasteiger partial charge in [0.2, 0.25) is 0 Å². The van der Waals surface area contributed by atoms with E-state index in [9.17, 15) is 28.8 Å². The molecule has 0 aliphatic carbocycles. The lowest BCUT2D eigenvalue weighted by Gasteiger charge is -2.46. The standard InChI is InChI=1S/C26H38O16/c1-9-17-19(35-11(2)27)21(37-13(4)29)24(40-16(7)32)26(41-17)34-10-18-20(36-12(3)28)22(38-14(5)30)23(39-15(6)31)25(33-8)42-18/h17-26H,9-10H2,1-8H3/t17-,18-,19+,20+,21+,22+,23-,24-,25+,26-/m1/s1. The second-order valence-corrected chi connectivity index (χ2v) is 9.51. The zero-order chi connectivity index (χ0) is 31.7. The molecule has 238 valence electrons. The van der Waals surface area contributed by atoms with Crippen molar-refractivity contribution in [2.24, 2.45) is 0 Å². The number of ether oxygens (including phenoxy) is 10. The Kier molecular flexibility index (Phi) is 13.1. The SMILES string of the molecule is CC[C@H]1O[C@@H](OC[C@H]2O[C@H](OC)[C@H](OC(C)=O)[C@@H](OC(C)=O)[C@H]2OC(C)=O)[C@H](OC(C)=O)[C@@H](OC(C)=O)[C@H]1OC(C)=O. The van der Waals surface area contributed by atoms with E-state index in [1.54, 1.807) is 6.92 Å². The Labute approximate surface area is 242 Å². The second-order valence-electron chi connectivity index (χ2n) is 9.51. The summed E-state index contributed by atoms with van der Waals surface area (Å²) in [6, 6.07) is 0. The molecule has 16 nitrogen and oxygen atoms in total. The Bertz CT molecular complexity index is 919. The van der Waals surface area contributed by atoms with Gasteiger partial charge in [0.25, 0.3) is 0 Å². The topological polar surface area (TPSA) is 195 Å². The van der Waals surface area contributed by atoms with Crippen molar-refractivity contribution >= 4 is 35.8 Å². The normalized spacial score (nSPS) is 32.6. The number of methoxy groups -OCH3 is 1. The fourth-order valence-corrected chi connectivity index (χ4v) is 4.69. The first-order valence-electron chi connectivity index (χ1n) is 13.2. The van der Waals surface area contributed by atoms with Crippen LogP contribution in [0.3, 0.4) is 0 Å². The highest BCUT2D eigenvalue weighted by Gasteiger charge is 2.55. The summed E-state index contributed by atoms with van der Waals surface area (Å²) in [6.07, 6.45) is -12.4. The van der Waals surface area contributed by atoms with E-state index >= 15 is 0 Å². The van der Waals surface area contributed by atoms with Gasteiger partial charge in [0.15, 0.2) is 49.2 Å². The molecule has 2 rings (SSSR count). The molecule has 0 aromatic rings. The van der Waals surface area contributed by atoms with E-state index in [1.807, 2.05) is 0 Å². The second kappa shape index (κ2) is 15.8. The van der Waals surface area contributed by atoms with Gasteiger partial charge in [-0.15, -0.1) is 0 Å². The predicted molar refractivity (Wildman–Crippen MR) is 134 cm³/mol. The maximum absolute atomic E-state index is 12.0. The molecule has 2 heterocycles. The Morgan fingerprint density at radius 3 is 1.21 bits per heavy atom. The highest BCUT2D eigenvalue weighted by atomic mass is 16.8. The van der Waals surface area contributed by atoms with Crippen LogP contribution in [0.5, 0.6) is 0 Å². The van der Waals surface area contributed by atoms with Gasteiger partial charge < -0.3 is 47.4 Å². The van der Waals surface area contributed by atoms with E-state index in [2.05, 4.69) is 0 Å². The smallest absolute Gasteiger partial charge is 0.303 e. The van der Waals surface area contributed by atoms with Gasteiger partial charge in [-0.3, -0.25) is 28.8 Å². The molecule has 2 aliphatic rings. The van der Waals surface area contributed by atoms with Gasteiger partial charge in [-0.1, -0.05) is 6.92 Å². The maximum Gasteiger partial charge on any atom is 0.303 e. The summed E-state index contributed by atoms with van der Waals surface area (Å²) in [4.78, 5) is 71.6. The molecule has 0 amide bonds. The lowest BCUT2D eigenvalue weighted by atomic mass is 9.96. The summed E-state index contributed by atoms with van der Waals surface area (Å²) >= 11 is 0. The van der Waals surface area contributed by atoms with Crippen LogP contribution in [0, 0.1) is 0 Å². The lowest BCUT2D eigenvalue weighted by Crippen LogP contribution is -2.64. The molecule has 10 atom stereocenters. The first-order chi connectivity index (χ1) is 19.7. The third kappa shape index (κ3) is 9.61. The first-order valence-corrected chi connectivity index (χ1v) is 13.2. The number of carbonyl (C=O) groups excluding carboxylic acids is 6. The Hall–Kier alpha value is -3.34. The van der Waals surface area contributed by atoms with Gasteiger partial charge in [-0.2, -0.15) is 0 Å². The van der Waals surface area contributed by atoms with E-state index < -0.39 is 104 Å². The molecule has 0 bridgehead atoms. The van der Waals surface area contributed by atoms with Gasteiger partial charge in [0.05, 0.1) is 6.61 Å². The molecule has 0 aromatic carbocycles. The fourth-order valence-electron chi connectivity index (χ4n) is 4.69. The summed E-state index contributed by atoms with van der Waals surface area (Å²) < 4.78 is 55.4. The summed E-state index contributed by atoms with van der Waals surface area (Å²) in [5.74, 6) is -4.52. The zero-order valence-electron chi connectivity index (χ0n) is 24.7. The minimum absolute atomic E-state index is 0.267.